The second-order valence-electron chi connectivity index (χ2n) is 4.32. The fourth-order valence-corrected chi connectivity index (χ4v) is 1.48. The van der Waals surface area contributed by atoms with Gasteiger partial charge in [0.2, 0.25) is 11.8 Å². The average molecular weight is 237 g/mol. The van der Waals surface area contributed by atoms with Crippen molar-refractivity contribution in [1.82, 2.24) is 10.2 Å². The lowest BCUT2D eigenvalue weighted by molar-refractivity contribution is -0.138. The highest BCUT2D eigenvalue weighted by Crippen LogP contribution is 2.21. The van der Waals surface area contributed by atoms with Crippen LogP contribution in [0.5, 0.6) is 0 Å². The van der Waals surface area contributed by atoms with E-state index in [2.05, 4.69) is 5.32 Å². The van der Waals surface area contributed by atoms with Gasteiger partial charge >= 0.3 is 0 Å². The van der Waals surface area contributed by atoms with Crippen LogP contribution in [0.3, 0.4) is 0 Å². The number of likely N-dealkylation sites (N-methyl/N-ethyl adjacent to an activating group) is 1. The van der Waals surface area contributed by atoms with E-state index >= 15 is 0 Å². The maximum Gasteiger partial charge on any atom is 0.252 e. The summed E-state index contributed by atoms with van der Waals surface area (Å²) >= 11 is 0. The van der Waals surface area contributed by atoms with Gasteiger partial charge in [0.05, 0.1) is 12.5 Å². The Hall–Kier alpha value is -1.90. The molecule has 1 saturated heterocycles. The molecule has 0 bridgehead atoms. The first-order valence-corrected chi connectivity index (χ1v) is 5.38. The van der Waals surface area contributed by atoms with Crippen LogP contribution in [0.1, 0.15) is 26.7 Å². The second kappa shape index (κ2) is 4.53. The molecule has 1 aliphatic heterocycles. The molecule has 0 radical (unpaired) electrons. The third-order valence-corrected chi connectivity index (χ3v) is 3.14. The molecule has 0 aromatic heterocycles. The zero-order chi connectivity index (χ0) is 13.2. The van der Waals surface area contributed by atoms with Crippen LogP contribution in [0.15, 0.2) is 0 Å². The number of imide groups is 1. The van der Waals surface area contributed by atoms with E-state index < -0.39 is 23.3 Å². The fraction of sp³-hybridized carbons (Fsp3) is 0.636. The maximum absolute atomic E-state index is 11.8. The normalized spacial score (nSPS) is 23.2. The predicted octanol–water partition coefficient (Wildman–Crippen LogP) is -0.200. The van der Waals surface area contributed by atoms with Crippen LogP contribution < -0.4 is 5.32 Å². The van der Waals surface area contributed by atoms with Crippen molar-refractivity contribution in [2.24, 2.45) is 5.41 Å². The van der Waals surface area contributed by atoms with Gasteiger partial charge < -0.3 is 5.32 Å². The number of hydrogen-bond donors (Lipinski definition) is 1. The predicted molar refractivity (Wildman–Crippen MR) is 58.3 cm³/mol. The Labute approximate surface area is 99.6 Å². The van der Waals surface area contributed by atoms with Gasteiger partial charge in [0, 0.05) is 7.05 Å². The van der Waals surface area contributed by atoms with Crippen molar-refractivity contribution < 1.29 is 14.4 Å². The molecule has 92 valence electrons. The van der Waals surface area contributed by atoms with Crippen molar-refractivity contribution in [2.45, 2.75) is 32.7 Å². The summed E-state index contributed by atoms with van der Waals surface area (Å²) in [7, 11) is 1.38. The topological polar surface area (TPSA) is 90.3 Å². The van der Waals surface area contributed by atoms with Gasteiger partial charge in [0.1, 0.15) is 11.5 Å². The molecule has 1 N–H and O–H groups in total. The summed E-state index contributed by atoms with van der Waals surface area (Å²) in [6.07, 6.45) is 0.312. The van der Waals surface area contributed by atoms with Gasteiger partial charge in [-0.25, -0.2) is 0 Å². The molecule has 0 aliphatic carbocycles. The highest BCUT2D eigenvalue weighted by molar-refractivity contribution is 6.06. The highest BCUT2D eigenvalue weighted by atomic mass is 16.2. The van der Waals surface area contributed by atoms with Crippen LogP contribution in [0.25, 0.3) is 0 Å². The van der Waals surface area contributed by atoms with Crippen molar-refractivity contribution in [1.29, 1.82) is 5.26 Å². The zero-order valence-electron chi connectivity index (χ0n) is 10.1. The molecule has 17 heavy (non-hydrogen) atoms. The third-order valence-electron chi connectivity index (χ3n) is 3.14. The minimum Gasteiger partial charge on any atom is -0.342 e. The Morgan fingerprint density at radius 3 is 2.59 bits per heavy atom. The average Bonchev–Trinajstić information content (AvgIpc) is 2.56. The standard InChI is InChI=1S/C11H15N3O3/c1-4-11(2,6-12)10(17)13-7-5-8(15)14(3)9(7)16/h7H,4-5H2,1-3H3,(H,13,17). The van der Waals surface area contributed by atoms with Crippen LogP contribution in [-0.2, 0) is 14.4 Å². The molecule has 1 fully saturated rings. The lowest BCUT2D eigenvalue weighted by atomic mass is 9.88. The number of carbonyl (C=O) groups is 3. The van der Waals surface area contributed by atoms with E-state index in [0.29, 0.717) is 6.42 Å². The molecule has 0 aromatic rings. The van der Waals surface area contributed by atoms with E-state index in [1.807, 2.05) is 6.07 Å². The highest BCUT2D eigenvalue weighted by Gasteiger charge is 2.40. The molecule has 2 atom stereocenters. The first-order chi connectivity index (χ1) is 7.85. The van der Waals surface area contributed by atoms with Crippen LogP contribution in [0, 0.1) is 16.7 Å². The molecule has 6 heteroatoms. The number of amides is 3. The summed E-state index contributed by atoms with van der Waals surface area (Å²) in [6, 6.07) is 1.08. The van der Waals surface area contributed by atoms with Crippen LogP contribution in [-0.4, -0.2) is 35.7 Å². The Morgan fingerprint density at radius 2 is 2.24 bits per heavy atom. The molecule has 1 aliphatic rings. The van der Waals surface area contributed by atoms with E-state index in [-0.39, 0.29) is 12.3 Å². The number of nitrogens with zero attached hydrogens (tertiary/aromatic N) is 2. The first-order valence-electron chi connectivity index (χ1n) is 5.38. The summed E-state index contributed by atoms with van der Waals surface area (Å²) in [5, 5.41) is 11.4. The summed E-state index contributed by atoms with van der Waals surface area (Å²) < 4.78 is 0. The first kappa shape index (κ1) is 13.2. The largest absolute Gasteiger partial charge is 0.342 e. The van der Waals surface area contributed by atoms with Gasteiger partial charge in [-0.3, -0.25) is 19.3 Å². The zero-order valence-corrected chi connectivity index (χ0v) is 10.1. The smallest absolute Gasteiger partial charge is 0.252 e. The number of rotatable bonds is 3. The Balaban J connectivity index is 2.75. The number of nitrogens with one attached hydrogen (secondary N) is 1. The van der Waals surface area contributed by atoms with Gasteiger partial charge in [0.15, 0.2) is 0 Å². The summed E-state index contributed by atoms with van der Waals surface area (Å²) in [4.78, 5) is 35.6. The van der Waals surface area contributed by atoms with Crippen LogP contribution >= 0.6 is 0 Å². The van der Waals surface area contributed by atoms with Gasteiger partial charge in [0.25, 0.3) is 5.91 Å². The van der Waals surface area contributed by atoms with Crippen LogP contribution in [0.2, 0.25) is 0 Å². The summed E-state index contributed by atoms with van der Waals surface area (Å²) in [6.45, 7) is 3.23. The quantitative estimate of drug-likeness (QED) is 0.688. The Kier molecular flexibility index (Phi) is 3.51. The molecule has 3 amide bonds. The number of carbonyl (C=O) groups excluding carboxylic acids is 3. The van der Waals surface area contributed by atoms with Crippen molar-refractivity contribution in [3.05, 3.63) is 0 Å². The lowest BCUT2D eigenvalue weighted by Crippen LogP contribution is -2.46. The van der Waals surface area contributed by atoms with Gasteiger partial charge in [-0.1, -0.05) is 6.92 Å². The van der Waals surface area contributed by atoms with Gasteiger partial charge in [-0.05, 0) is 13.3 Å². The molecule has 0 spiro atoms. The number of hydrogen-bond acceptors (Lipinski definition) is 4. The van der Waals surface area contributed by atoms with Crippen molar-refractivity contribution in [2.75, 3.05) is 7.05 Å². The van der Waals surface area contributed by atoms with E-state index in [9.17, 15) is 14.4 Å². The fourth-order valence-electron chi connectivity index (χ4n) is 1.48. The van der Waals surface area contributed by atoms with E-state index in [1.54, 1.807) is 6.92 Å². The van der Waals surface area contributed by atoms with E-state index in [0.717, 1.165) is 4.90 Å². The summed E-state index contributed by atoms with van der Waals surface area (Å²) in [5.74, 6) is -1.26. The second-order valence-corrected chi connectivity index (χ2v) is 4.32. The van der Waals surface area contributed by atoms with Gasteiger partial charge in [-0.15, -0.1) is 0 Å². The third kappa shape index (κ3) is 2.28. The summed E-state index contributed by atoms with van der Waals surface area (Å²) in [5.41, 5.74) is -1.16. The van der Waals surface area contributed by atoms with E-state index in [4.69, 9.17) is 5.26 Å². The SMILES string of the molecule is CCC(C)(C#N)C(=O)NC1CC(=O)N(C)C1=O. The molecule has 0 aromatic carbocycles. The molecule has 1 heterocycles. The van der Waals surface area contributed by atoms with Crippen molar-refractivity contribution >= 4 is 17.7 Å². The minimum absolute atomic E-state index is 0.0354. The number of likely N-dealkylation sites (tertiary alicyclic amines) is 1. The molecule has 2 unspecified atom stereocenters. The van der Waals surface area contributed by atoms with Crippen molar-refractivity contribution in [3.8, 4) is 6.07 Å². The van der Waals surface area contributed by atoms with Crippen molar-refractivity contribution in [3.63, 3.8) is 0 Å². The molecule has 0 saturated carbocycles. The van der Waals surface area contributed by atoms with Crippen LogP contribution in [0.4, 0.5) is 0 Å². The minimum atomic E-state index is -1.16. The molecular weight excluding hydrogens is 222 g/mol. The van der Waals surface area contributed by atoms with E-state index in [1.165, 1.54) is 14.0 Å². The lowest BCUT2D eigenvalue weighted by Gasteiger charge is -2.20. The monoisotopic (exact) mass is 237 g/mol. The Bertz CT molecular complexity index is 413. The molecule has 1 rings (SSSR count). The molecule has 6 nitrogen and oxygen atoms in total. The Morgan fingerprint density at radius 1 is 1.65 bits per heavy atom. The molecular formula is C11H15N3O3. The number of nitriles is 1. The van der Waals surface area contributed by atoms with Gasteiger partial charge in [-0.2, -0.15) is 5.26 Å². The maximum atomic E-state index is 11.8.